The molecule has 1 heterocycles. The van der Waals surface area contributed by atoms with Gasteiger partial charge in [0, 0.05) is 25.2 Å². The number of hydrogen-bond donors (Lipinski definition) is 4. The summed E-state index contributed by atoms with van der Waals surface area (Å²) in [5.41, 5.74) is 5.64. The van der Waals surface area contributed by atoms with Crippen LogP contribution in [0.3, 0.4) is 0 Å². The third-order valence-corrected chi connectivity index (χ3v) is 10.3. The number of benzene rings is 2. The number of hydrazone groups is 2. The highest BCUT2D eigenvalue weighted by Gasteiger charge is 2.63. The van der Waals surface area contributed by atoms with Crippen molar-refractivity contribution < 1.29 is 24.8 Å². The van der Waals surface area contributed by atoms with E-state index in [-0.39, 0.29) is 29.8 Å². The number of nitrogens with zero attached hydrogens (tertiary/aromatic N) is 5. The van der Waals surface area contributed by atoms with E-state index in [0.29, 0.717) is 55.3 Å². The summed E-state index contributed by atoms with van der Waals surface area (Å²) in [6, 6.07) is 16.0. The maximum Gasteiger partial charge on any atom is 0.312 e. The molecule has 2 atom stereocenters. The number of rotatable bonds is 13. The number of hydrogen-bond acceptors (Lipinski definition) is 10. The lowest BCUT2D eigenvalue weighted by Crippen LogP contribution is -2.60. The number of nitrogens with two attached hydrogens (primary N) is 1. The minimum atomic E-state index is -0.774. The summed E-state index contributed by atoms with van der Waals surface area (Å²) in [7, 11) is 0. The Bertz CT molecular complexity index is 1620. The number of halogens is 1. The second-order valence-corrected chi connectivity index (χ2v) is 13.6. The fraction of sp³-hybridized carbons (Fsp3) is 0.471. The first-order valence-electron chi connectivity index (χ1n) is 16.1. The van der Waals surface area contributed by atoms with Crippen molar-refractivity contribution in [3.63, 3.8) is 0 Å². The van der Waals surface area contributed by atoms with Gasteiger partial charge in [-0.2, -0.15) is 10.2 Å². The van der Waals surface area contributed by atoms with Crippen molar-refractivity contribution in [3.05, 3.63) is 76.3 Å². The fourth-order valence-electron chi connectivity index (χ4n) is 8.49. The van der Waals surface area contributed by atoms with Crippen LogP contribution in [0.25, 0.3) is 11.1 Å². The lowest BCUT2D eigenvalue weighted by Gasteiger charge is -2.59. The number of esters is 1. The first-order valence-corrected chi connectivity index (χ1v) is 16.5. The minimum Gasteiger partial charge on any atom is -0.459 e. The van der Waals surface area contributed by atoms with Crippen molar-refractivity contribution in [3.8, 4) is 11.1 Å². The molecule has 3 aromatic rings. The van der Waals surface area contributed by atoms with Gasteiger partial charge in [-0.3, -0.25) is 20.6 Å². The summed E-state index contributed by atoms with van der Waals surface area (Å²) in [5, 5.41) is 26.6. The zero-order valence-corrected chi connectivity index (χ0v) is 27.3. The molecule has 13 heteroatoms. The Morgan fingerprint density at radius 1 is 1.17 bits per heavy atom. The molecule has 5 N–H and O–H groups in total. The highest BCUT2D eigenvalue weighted by molar-refractivity contribution is 6.30. The summed E-state index contributed by atoms with van der Waals surface area (Å²) < 4.78 is 8.13. The maximum absolute atomic E-state index is 13.8. The highest BCUT2D eigenvalue weighted by atomic mass is 35.5. The molecule has 0 aliphatic heterocycles. The van der Waals surface area contributed by atoms with Gasteiger partial charge in [0.15, 0.2) is 11.0 Å². The third-order valence-electron chi connectivity index (χ3n) is 10.0. The molecule has 0 saturated heterocycles. The van der Waals surface area contributed by atoms with E-state index in [2.05, 4.69) is 46.0 Å². The van der Waals surface area contributed by atoms with Gasteiger partial charge in [-0.1, -0.05) is 73.5 Å². The molecular weight excluding hydrogens is 622 g/mol. The fourth-order valence-corrected chi connectivity index (χ4v) is 8.74. The van der Waals surface area contributed by atoms with Gasteiger partial charge in [0.2, 0.25) is 0 Å². The quantitative estimate of drug-likeness (QED) is 0.0581. The van der Waals surface area contributed by atoms with E-state index in [9.17, 15) is 15.2 Å². The Morgan fingerprint density at radius 3 is 2.55 bits per heavy atom. The first-order chi connectivity index (χ1) is 22.7. The number of amidine groups is 1. The molecule has 7 rings (SSSR count). The number of aryl methyl sites for hydroxylation is 1. The molecule has 0 spiro atoms. The number of aromatic nitrogens is 2. The van der Waals surface area contributed by atoms with Crippen LogP contribution in [-0.2, 0) is 33.9 Å². The van der Waals surface area contributed by atoms with Crippen molar-refractivity contribution >= 4 is 30.1 Å². The third kappa shape index (κ3) is 6.79. The summed E-state index contributed by atoms with van der Waals surface area (Å²) >= 11 is 6.73. The van der Waals surface area contributed by atoms with E-state index in [1.807, 2.05) is 36.4 Å². The molecule has 0 radical (unpaired) electrons. The van der Waals surface area contributed by atoms with Crippen molar-refractivity contribution in [1.29, 1.82) is 0 Å². The molecule has 47 heavy (non-hydrogen) atoms. The molecular formula is C34H42ClN7O5. The second kappa shape index (κ2) is 13.7. The van der Waals surface area contributed by atoms with Crippen LogP contribution >= 0.6 is 11.6 Å². The van der Waals surface area contributed by atoms with Gasteiger partial charge < -0.3 is 15.1 Å². The predicted octanol–water partition coefficient (Wildman–Crippen LogP) is 5.81. The average Bonchev–Trinajstić information content (AvgIpc) is 3.33. The Kier molecular flexibility index (Phi) is 9.67. The Labute approximate surface area is 279 Å². The maximum atomic E-state index is 13.8. The van der Waals surface area contributed by atoms with E-state index in [1.165, 1.54) is 0 Å². The van der Waals surface area contributed by atoms with Crippen LogP contribution < -0.4 is 11.3 Å². The number of imidazole rings is 1. The van der Waals surface area contributed by atoms with Crippen LogP contribution in [0.15, 0.2) is 58.7 Å². The lowest BCUT2D eigenvalue weighted by atomic mass is 9.48. The standard InChI is InChI=1S/C34H42ClN7O5/c1-3-4-9-29-38-30(35)28(20-46-32(43)33-15-23-14-24(16-33)18-34(17-23,21-33)47-42(44)45)41(29)19-22-10-12-25(13-11-22)26-7-5-6-8-27(26)31(39-36)40-37-2/h5-8,10-13,23-24,44-45H,2-4,9,14-21,36H2,1H3,(H,39,40). The van der Waals surface area contributed by atoms with Crippen LogP contribution in [0.4, 0.5) is 0 Å². The number of unbranched alkanes of at least 4 members (excludes halogenated alkanes) is 1. The molecule has 4 aliphatic rings. The van der Waals surface area contributed by atoms with Crippen molar-refractivity contribution in [2.45, 2.75) is 83.5 Å². The molecule has 2 unspecified atom stereocenters. The van der Waals surface area contributed by atoms with E-state index < -0.39 is 11.0 Å². The van der Waals surface area contributed by atoms with E-state index in [1.54, 1.807) is 0 Å². The monoisotopic (exact) mass is 663 g/mol. The molecule has 12 nitrogen and oxygen atoms in total. The first kappa shape index (κ1) is 33.1. The molecule has 250 valence electrons. The summed E-state index contributed by atoms with van der Waals surface area (Å²) in [6.07, 6.45) is 6.93. The van der Waals surface area contributed by atoms with Gasteiger partial charge in [0.25, 0.3) is 0 Å². The van der Waals surface area contributed by atoms with E-state index >= 15 is 0 Å². The summed E-state index contributed by atoms with van der Waals surface area (Å²) in [5.74, 6) is 7.13. The highest BCUT2D eigenvalue weighted by Crippen LogP contribution is 2.63. The smallest absolute Gasteiger partial charge is 0.312 e. The van der Waals surface area contributed by atoms with Crippen molar-refractivity contribution in [2.75, 3.05) is 0 Å². The number of nitrogens with one attached hydrogen (secondary N) is 1. The van der Waals surface area contributed by atoms with Crippen molar-refractivity contribution in [1.82, 2.24) is 20.4 Å². The number of carbonyl (C=O) groups excluding carboxylic acids is 1. The number of ether oxygens (including phenoxy) is 1. The topological polar surface area (TPSA) is 160 Å². The molecule has 2 aromatic carbocycles. The zero-order chi connectivity index (χ0) is 33.2. The predicted molar refractivity (Wildman–Crippen MR) is 176 cm³/mol. The van der Waals surface area contributed by atoms with Gasteiger partial charge in [0.05, 0.1) is 22.1 Å². The van der Waals surface area contributed by atoms with Gasteiger partial charge in [0.1, 0.15) is 12.4 Å². The van der Waals surface area contributed by atoms with Crippen LogP contribution in [0, 0.1) is 17.3 Å². The molecule has 4 aliphatic carbocycles. The molecule has 0 amide bonds. The van der Waals surface area contributed by atoms with Crippen LogP contribution in [0.2, 0.25) is 5.15 Å². The molecule has 1 aromatic heterocycles. The second-order valence-electron chi connectivity index (χ2n) is 13.3. The van der Waals surface area contributed by atoms with E-state index in [4.69, 9.17) is 32.0 Å². The molecule has 4 fully saturated rings. The largest absolute Gasteiger partial charge is 0.459 e. The Hall–Kier alpha value is -3.81. The van der Waals surface area contributed by atoms with Gasteiger partial charge in [-0.05, 0) is 73.5 Å². The Morgan fingerprint density at radius 2 is 1.89 bits per heavy atom. The van der Waals surface area contributed by atoms with Crippen LogP contribution in [0.5, 0.6) is 0 Å². The summed E-state index contributed by atoms with van der Waals surface area (Å²) in [4.78, 5) is 24.0. The Balaban J connectivity index is 1.22. The lowest BCUT2D eigenvalue weighted by molar-refractivity contribution is -0.530. The average molecular weight is 664 g/mol. The van der Waals surface area contributed by atoms with E-state index in [0.717, 1.165) is 53.8 Å². The van der Waals surface area contributed by atoms with Crippen LogP contribution in [0.1, 0.15) is 80.9 Å². The molecule has 4 saturated carbocycles. The van der Waals surface area contributed by atoms with Crippen LogP contribution in [-0.4, -0.2) is 49.5 Å². The SMILES string of the molecule is C=NN/C(=N\N)c1ccccc1-c1ccc(Cn2c(CCCC)nc(Cl)c2COC(=O)C23CC4CC(CC(ON(O)O)(C4)C2)C3)cc1. The van der Waals surface area contributed by atoms with Crippen molar-refractivity contribution in [2.24, 2.45) is 33.3 Å². The normalized spacial score (nSPS) is 24.9. The zero-order valence-electron chi connectivity index (χ0n) is 26.6. The van der Waals surface area contributed by atoms with Gasteiger partial charge >= 0.3 is 5.97 Å². The van der Waals surface area contributed by atoms with Gasteiger partial charge in [-0.25, -0.2) is 9.82 Å². The van der Waals surface area contributed by atoms with Gasteiger partial charge in [-0.15, -0.1) is 0 Å². The molecule has 4 bridgehead atoms. The minimum absolute atomic E-state index is 0.00907. The summed E-state index contributed by atoms with van der Waals surface area (Å²) in [6.45, 7) is 6.09. The number of carbonyl (C=O) groups is 1.